The van der Waals surface area contributed by atoms with Crippen LogP contribution in [0.4, 0.5) is 0 Å². The Morgan fingerprint density at radius 1 is 0.964 bits per heavy atom. The van der Waals surface area contributed by atoms with Crippen LogP contribution in [0.3, 0.4) is 0 Å². The first-order valence-corrected chi connectivity index (χ1v) is 9.72. The lowest BCUT2D eigenvalue weighted by atomic mass is 9.96. The molecule has 0 radical (unpaired) electrons. The molecule has 5 rings (SSSR count). The molecule has 0 aromatic heterocycles. The number of halogens is 2. The summed E-state index contributed by atoms with van der Waals surface area (Å²) in [5.41, 5.74) is 3.61. The lowest BCUT2D eigenvalue weighted by molar-refractivity contribution is -0.0203. The monoisotopic (exact) mass is 410 g/mol. The molecular weight excluding hydrogens is 395 g/mol. The predicted octanol–water partition coefficient (Wildman–Crippen LogP) is 5.94. The zero-order valence-corrected chi connectivity index (χ0v) is 16.2. The molecule has 2 aliphatic heterocycles. The van der Waals surface area contributed by atoms with E-state index < -0.39 is 6.23 Å². The number of benzene rings is 3. The highest BCUT2D eigenvalue weighted by Crippen LogP contribution is 2.49. The van der Waals surface area contributed by atoms with Crippen molar-refractivity contribution in [3.8, 4) is 11.5 Å². The van der Waals surface area contributed by atoms with Gasteiger partial charge in [-0.25, -0.2) is 5.01 Å². The third kappa shape index (κ3) is 2.81. The van der Waals surface area contributed by atoms with Gasteiger partial charge in [0.1, 0.15) is 11.5 Å². The summed E-state index contributed by atoms with van der Waals surface area (Å²) in [5, 5.41) is 18.0. The summed E-state index contributed by atoms with van der Waals surface area (Å²) >= 11 is 12.4. The molecule has 0 aliphatic carbocycles. The Morgan fingerprint density at radius 3 is 2.54 bits per heavy atom. The Balaban J connectivity index is 1.65. The molecule has 4 nitrogen and oxygen atoms in total. The lowest BCUT2D eigenvalue weighted by Crippen LogP contribution is -2.33. The second-order valence-corrected chi connectivity index (χ2v) is 7.69. The number of phenols is 1. The first-order valence-electron chi connectivity index (χ1n) is 8.96. The molecule has 3 aromatic carbocycles. The first-order chi connectivity index (χ1) is 13.6. The molecule has 2 atom stereocenters. The molecule has 2 aliphatic rings. The van der Waals surface area contributed by atoms with E-state index >= 15 is 0 Å². The summed E-state index contributed by atoms with van der Waals surface area (Å²) in [6, 6.07) is 21.2. The van der Waals surface area contributed by atoms with Gasteiger partial charge in [-0.3, -0.25) is 0 Å². The van der Waals surface area contributed by atoms with Gasteiger partial charge in [0.2, 0.25) is 6.23 Å². The summed E-state index contributed by atoms with van der Waals surface area (Å²) < 4.78 is 6.25. The van der Waals surface area contributed by atoms with E-state index in [9.17, 15) is 5.11 Å². The predicted molar refractivity (Wildman–Crippen MR) is 110 cm³/mol. The van der Waals surface area contributed by atoms with E-state index in [1.807, 2.05) is 53.5 Å². The van der Waals surface area contributed by atoms with Crippen LogP contribution in [0.2, 0.25) is 10.0 Å². The summed E-state index contributed by atoms with van der Waals surface area (Å²) in [4.78, 5) is 0. The smallest absolute Gasteiger partial charge is 0.217 e. The summed E-state index contributed by atoms with van der Waals surface area (Å²) in [5.74, 6) is 0.728. The van der Waals surface area contributed by atoms with E-state index in [4.69, 9.17) is 33.0 Å². The zero-order chi connectivity index (χ0) is 19.3. The maximum Gasteiger partial charge on any atom is 0.217 e. The number of ether oxygens (including phenoxy) is 1. The molecule has 140 valence electrons. The zero-order valence-electron chi connectivity index (χ0n) is 14.7. The van der Waals surface area contributed by atoms with Crippen molar-refractivity contribution in [2.45, 2.75) is 18.7 Å². The van der Waals surface area contributed by atoms with Crippen LogP contribution in [0.15, 0.2) is 71.8 Å². The fourth-order valence-electron chi connectivity index (χ4n) is 3.82. The van der Waals surface area contributed by atoms with Crippen LogP contribution in [-0.2, 0) is 0 Å². The minimum Gasteiger partial charge on any atom is -0.506 e. The normalized spacial score (nSPS) is 20.2. The van der Waals surface area contributed by atoms with E-state index in [0.717, 1.165) is 29.0 Å². The average molecular weight is 411 g/mol. The van der Waals surface area contributed by atoms with Gasteiger partial charge >= 0.3 is 0 Å². The minimum absolute atomic E-state index is 0.00214. The standard InChI is InChI=1S/C22H16Cl2N2O2/c23-14-10-16(21(27)17(24)11-14)22-26-19(15-8-4-5-9-20(15)28-22)12-18(25-26)13-6-2-1-3-7-13/h1-11,19,22,27H,12H2/t19-,22+/m0/s1. The molecule has 3 aromatic rings. The van der Waals surface area contributed by atoms with Gasteiger partial charge in [0, 0.05) is 17.0 Å². The highest BCUT2D eigenvalue weighted by Gasteiger charge is 2.42. The maximum atomic E-state index is 10.6. The van der Waals surface area contributed by atoms with Crippen molar-refractivity contribution in [2.24, 2.45) is 5.10 Å². The average Bonchev–Trinajstić information content (AvgIpc) is 3.16. The Hall–Kier alpha value is -2.69. The van der Waals surface area contributed by atoms with E-state index in [-0.39, 0.29) is 16.8 Å². The molecule has 0 fully saturated rings. The van der Waals surface area contributed by atoms with Gasteiger partial charge in [-0.1, -0.05) is 71.7 Å². The number of nitrogens with zero attached hydrogens (tertiary/aromatic N) is 2. The molecule has 2 heterocycles. The number of aromatic hydroxyl groups is 1. The van der Waals surface area contributed by atoms with Crippen LogP contribution in [0.25, 0.3) is 0 Å². The van der Waals surface area contributed by atoms with Crippen LogP contribution in [-0.4, -0.2) is 15.8 Å². The Kier molecular flexibility index (Phi) is 4.18. The number of para-hydroxylation sites is 1. The van der Waals surface area contributed by atoms with Crippen molar-refractivity contribution in [1.82, 2.24) is 5.01 Å². The first kappa shape index (κ1) is 17.4. The van der Waals surface area contributed by atoms with E-state index in [1.54, 1.807) is 6.07 Å². The molecular formula is C22H16Cl2N2O2. The summed E-state index contributed by atoms with van der Waals surface area (Å²) in [7, 11) is 0. The molecule has 1 N–H and O–H groups in total. The van der Waals surface area contributed by atoms with Gasteiger partial charge in [0.05, 0.1) is 22.3 Å². The third-order valence-electron chi connectivity index (χ3n) is 5.13. The Labute approximate surface area is 172 Å². The van der Waals surface area contributed by atoms with Crippen LogP contribution in [0.5, 0.6) is 11.5 Å². The number of phenolic OH excluding ortho intramolecular Hbond substituents is 1. The van der Waals surface area contributed by atoms with Gasteiger partial charge in [-0.05, 0) is 23.8 Å². The second kappa shape index (κ2) is 6.73. The van der Waals surface area contributed by atoms with Crippen molar-refractivity contribution in [1.29, 1.82) is 0 Å². The molecule has 0 amide bonds. The number of hydrogen-bond donors (Lipinski definition) is 1. The fraction of sp³-hybridized carbons (Fsp3) is 0.136. The SMILES string of the molecule is Oc1c(Cl)cc(Cl)cc1[C@H]1Oc2ccccc2[C@@H]2CC(c3ccccc3)=NN12. The second-order valence-electron chi connectivity index (χ2n) is 6.85. The van der Waals surface area contributed by atoms with E-state index in [2.05, 4.69) is 6.07 Å². The summed E-state index contributed by atoms with van der Waals surface area (Å²) in [6.07, 6.45) is 0.118. The highest BCUT2D eigenvalue weighted by atomic mass is 35.5. The molecule has 0 spiro atoms. The molecule has 0 saturated carbocycles. The Morgan fingerprint density at radius 2 is 1.71 bits per heavy atom. The van der Waals surface area contributed by atoms with Crippen LogP contribution >= 0.6 is 23.2 Å². The third-order valence-corrected chi connectivity index (χ3v) is 5.64. The van der Waals surface area contributed by atoms with Crippen molar-refractivity contribution in [2.75, 3.05) is 0 Å². The number of rotatable bonds is 2. The van der Waals surface area contributed by atoms with Gasteiger partial charge < -0.3 is 9.84 Å². The maximum absolute atomic E-state index is 10.6. The molecule has 0 unspecified atom stereocenters. The van der Waals surface area contributed by atoms with E-state index in [1.165, 1.54) is 6.07 Å². The van der Waals surface area contributed by atoms with Crippen LogP contribution in [0.1, 0.15) is 35.4 Å². The van der Waals surface area contributed by atoms with Gasteiger partial charge in [0.25, 0.3) is 0 Å². The lowest BCUT2D eigenvalue weighted by Gasteiger charge is -2.38. The molecule has 0 bridgehead atoms. The quantitative estimate of drug-likeness (QED) is 0.568. The van der Waals surface area contributed by atoms with Crippen molar-refractivity contribution >= 4 is 28.9 Å². The van der Waals surface area contributed by atoms with Gasteiger partial charge in [0.15, 0.2) is 0 Å². The Bertz CT molecular complexity index is 1090. The van der Waals surface area contributed by atoms with Crippen LogP contribution in [0, 0.1) is 0 Å². The topological polar surface area (TPSA) is 45.1 Å². The number of hydrogen-bond acceptors (Lipinski definition) is 4. The van der Waals surface area contributed by atoms with Crippen molar-refractivity contribution in [3.05, 3.63) is 93.5 Å². The minimum atomic E-state index is -0.627. The fourth-order valence-corrected chi connectivity index (χ4v) is 4.33. The molecule has 6 heteroatoms. The largest absolute Gasteiger partial charge is 0.506 e. The summed E-state index contributed by atoms with van der Waals surface area (Å²) in [6.45, 7) is 0. The highest BCUT2D eigenvalue weighted by molar-refractivity contribution is 6.35. The van der Waals surface area contributed by atoms with Gasteiger partial charge in [-0.15, -0.1) is 0 Å². The van der Waals surface area contributed by atoms with Crippen LogP contribution < -0.4 is 4.74 Å². The van der Waals surface area contributed by atoms with Crippen molar-refractivity contribution < 1.29 is 9.84 Å². The van der Waals surface area contributed by atoms with Crippen molar-refractivity contribution in [3.63, 3.8) is 0 Å². The number of fused-ring (bicyclic) bond motifs is 3. The van der Waals surface area contributed by atoms with Gasteiger partial charge in [-0.2, -0.15) is 5.10 Å². The molecule has 28 heavy (non-hydrogen) atoms. The number of hydrazone groups is 1. The van der Waals surface area contributed by atoms with E-state index in [0.29, 0.717) is 10.6 Å². The molecule has 0 saturated heterocycles.